The molecular formula is C33H29N3O4S. The van der Waals surface area contributed by atoms with Gasteiger partial charge in [0.05, 0.1) is 10.3 Å². The van der Waals surface area contributed by atoms with E-state index in [0.29, 0.717) is 25.1 Å². The van der Waals surface area contributed by atoms with Crippen molar-refractivity contribution in [1.82, 2.24) is 9.21 Å². The second-order valence-electron chi connectivity index (χ2n) is 11.1. The first-order valence-corrected chi connectivity index (χ1v) is 15.2. The normalized spacial score (nSPS) is 25.0. The number of para-hydroxylation sites is 1. The quantitative estimate of drug-likeness (QED) is 0.359. The van der Waals surface area contributed by atoms with E-state index in [9.17, 15) is 8.42 Å². The van der Waals surface area contributed by atoms with Gasteiger partial charge in [-0.3, -0.25) is 9.59 Å². The zero-order valence-corrected chi connectivity index (χ0v) is 23.3. The van der Waals surface area contributed by atoms with Gasteiger partial charge in [-0.25, -0.2) is 12.7 Å². The van der Waals surface area contributed by atoms with Gasteiger partial charge in [0.15, 0.2) is 5.41 Å². The van der Waals surface area contributed by atoms with Crippen molar-refractivity contribution >= 4 is 27.5 Å². The number of hydrogen-bond acceptors (Lipinski definition) is 5. The number of carbonyl (C=O) groups is 2. The predicted molar refractivity (Wildman–Crippen MR) is 155 cm³/mol. The zero-order chi connectivity index (χ0) is 28.4. The molecule has 2 saturated heterocycles. The number of rotatable bonds is 5. The van der Waals surface area contributed by atoms with Gasteiger partial charge in [0, 0.05) is 18.8 Å². The maximum atomic E-state index is 15.0. The van der Waals surface area contributed by atoms with E-state index in [1.807, 2.05) is 67.6 Å². The number of hydrogen-bond donors (Lipinski definition) is 1. The minimum Gasteiger partial charge on any atom is -0.363 e. The molecule has 4 aromatic rings. The van der Waals surface area contributed by atoms with Gasteiger partial charge < -0.3 is 10.2 Å². The van der Waals surface area contributed by atoms with Crippen molar-refractivity contribution in [2.24, 2.45) is 0 Å². The molecule has 0 aliphatic carbocycles. The van der Waals surface area contributed by atoms with Crippen LogP contribution in [-0.4, -0.2) is 42.1 Å². The summed E-state index contributed by atoms with van der Waals surface area (Å²) in [5, 5.41) is 3.39. The third kappa shape index (κ3) is 3.34. The number of aryl methyl sites for hydroxylation is 1. The molecule has 3 aliphatic rings. The van der Waals surface area contributed by atoms with Crippen LogP contribution in [0.25, 0.3) is 0 Å². The van der Waals surface area contributed by atoms with E-state index < -0.39 is 32.9 Å². The van der Waals surface area contributed by atoms with Crippen molar-refractivity contribution in [2.75, 3.05) is 11.9 Å². The highest BCUT2D eigenvalue weighted by molar-refractivity contribution is 7.89. The lowest BCUT2D eigenvalue weighted by Crippen LogP contribution is -2.65. The van der Waals surface area contributed by atoms with Crippen LogP contribution in [0.3, 0.4) is 0 Å². The number of likely N-dealkylation sites (tertiary alicyclic amines) is 1. The van der Waals surface area contributed by atoms with E-state index in [-0.39, 0.29) is 10.8 Å². The number of carbonyl (C=O) groups excluding carboxylic acids is 2. The molecule has 3 aliphatic heterocycles. The number of anilines is 1. The lowest BCUT2D eigenvalue weighted by molar-refractivity contribution is -0.151. The van der Waals surface area contributed by atoms with Gasteiger partial charge in [0.2, 0.25) is 5.91 Å². The molecule has 2 amide bonds. The summed E-state index contributed by atoms with van der Waals surface area (Å²) in [5.74, 6) is -1.10. The van der Waals surface area contributed by atoms with E-state index in [4.69, 9.17) is 0 Å². The molecule has 7 nitrogen and oxygen atoms in total. The minimum absolute atomic E-state index is 0.0137. The topological polar surface area (TPSA) is 86.8 Å². The van der Waals surface area contributed by atoms with Gasteiger partial charge in [0.1, 0.15) is 6.17 Å². The molecule has 3 heterocycles. The summed E-state index contributed by atoms with van der Waals surface area (Å²) in [6.07, 6.45) is -0.567. The molecule has 0 saturated carbocycles. The molecule has 41 heavy (non-hydrogen) atoms. The molecule has 7 rings (SSSR count). The number of fused-ring (bicyclic) bond motifs is 1. The number of nitrogens with zero attached hydrogens (tertiary/aromatic N) is 2. The van der Waals surface area contributed by atoms with Crippen LogP contribution in [0.15, 0.2) is 114 Å². The van der Waals surface area contributed by atoms with Crippen LogP contribution in [0.4, 0.5) is 5.69 Å². The standard InChI is InChI=1S/C33H29N3O4S/c1-23-16-18-26(19-17-23)41(39,40)36-29-32(27-14-8-9-15-28(27)34-29)20-21-35(22-24-10-4-2-5-11-24)30(37)33(32,31(36)38)25-12-6-3-7-13-25/h2-19,29,34H,20-22H2,1H3/t29-,32-,33-/m0/s1. The highest BCUT2D eigenvalue weighted by Crippen LogP contribution is 2.64. The molecular weight excluding hydrogens is 534 g/mol. The van der Waals surface area contributed by atoms with E-state index in [1.165, 1.54) is 12.1 Å². The predicted octanol–water partition coefficient (Wildman–Crippen LogP) is 4.59. The van der Waals surface area contributed by atoms with Crippen molar-refractivity contribution in [1.29, 1.82) is 0 Å². The van der Waals surface area contributed by atoms with Crippen molar-refractivity contribution < 1.29 is 18.0 Å². The Hall–Kier alpha value is -4.43. The average molecular weight is 564 g/mol. The lowest BCUT2D eigenvalue weighted by atomic mass is 9.54. The van der Waals surface area contributed by atoms with E-state index in [0.717, 1.165) is 26.7 Å². The molecule has 0 radical (unpaired) electrons. The fraction of sp³-hybridized carbons (Fsp3) is 0.212. The molecule has 0 bridgehead atoms. The Kier molecular flexibility index (Phi) is 5.63. The lowest BCUT2D eigenvalue weighted by Gasteiger charge is -2.49. The number of piperidine rings is 1. The molecule has 2 fully saturated rings. The second-order valence-corrected chi connectivity index (χ2v) is 12.9. The number of benzene rings is 4. The molecule has 4 aromatic carbocycles. The highest BCUT2D eigenvalue weighted by atomic mass is 32.2. The highest BCUT2D eigenvalue weighted by Gasteiger charge is 2.79. The summed E-state index contributed by atoms with van der Waals surface area (Å²) in [6, 6.07) is 32.7. The number of nitrogens with one attached hydrogen (secondary N) is 1. The van der Waals surface area contributed by atoms with Crippen LogP contribution < -0.4 is 5.32 Å². The monoisotopic (exact) mass is 563 g/mol. The van der Waals surface area contributed by atoms with Crippen LogP contribution in [0.5, 0.6) is 0 Å². The fourth-order valence-electron chi connectivity index (χ4n) is 7.17. The molecule has 206 valence electrons. The summed E-state index contributed by atoms with van der Waals surface area (Å²) in [7, 11) is -4.34. The average Bonchev–Trinajstić information content (AvgIpc) is 3.42. The smallest absolute Gasteiger partial charge is 0.268 e. The molecule has 1 spiro atoms. The van der Waals surface area contributed by atoms with E-state index >= 15 is 9.59 Å². The second kappa shape index (κ2) is 9.04. The molecule has 3 atom stereocenters. The summed E-state index contributed by atoms with van der Waals surface area (Å²) < 4.78 is 29.7. The Morgan fingerprint density at radius 2 is 1.44 bits per heavy atom. The first-order valence-electron chi connectivity index (χ1n) is 13.7. The third-order valence-corrected chi connectivity index (χ3v) is 10.7. The van der Waals surface area contributed by atoms with Crippen molar-refractivity contribution in [3.63, 3.8) is 0 Å². The van der Waals surface area contributed by atoms with E-state index in [2.05, 4.69) is 5.32 Å². The van der Waals surface area contributed by atoms with Gasteiger partial charge in [-0.2, -0.15) is 0 Å². The van der Waals surface area contributed by atoms with Crippen molar-refractivity contribution in [3.05, 3.63) is 131 Å². The van der Waals surface area contributed by atoms with E-state index in [1.54, 1.807) is 41.3 Å². The van der Waals surface area contributed by atoms with Crippen LogP contribution in [0.2, 0.25) is 0 Å². The Morgan fingerprint density at radius 1 is 0.805 bits per heavy atom. The maximum absolute atomic E-state index is 15.0. The fourth-order valence-corrected chi connectivity index (χ4v) is 8.74. The van der Waals surface area contributed by atoms with Gasteiger partial charge in [-0.15, -0.1) is 0 Å². The van der Waals surface area contributed by atoms with Gasteiger partial charge in [-0.05, 0) is 48.2 Å². The van der Waals surface area contributed by atoms with Crippen LogP contribution in [0, 0.1) is 6.92 Å². The first-order chi connectivity index (χ1) is 19.8. The van der Waals surface area contributed by atoms with Gasteiger partial charge in [-0.1, -0.05) is 96.6 Å². The summed E-state index contributed by atoms with van der Waals surface area (Å²) in [6.45, 7) is 2.57. The largest absolute Gasteiger partial charge is 0.363 e. The Labute approximate surface area is 239 Å². The minimum atomic E-state index is -4.34. The molecule has 0 unspecified atom stereocenters. The summed E-state index contributed by atoms with van der Waals surface area (Å²) in [4.78, 5) is 31.8. The SMILES string of the molecule is Cc1ccc(S(=O)(=O)N2C(=O)[C@]3(c4ccccc4)C(=O)N(Cc4ccccc4)CC[C@@]34c3ccccc3N[C@@H]24)cc1. The van der Waals surface area contributed by atoms with Gasteiger partial charge in [0.25, 0.3) is 15.9 Å². The third-order valence-electron chi connectivity index (χ3n) is 8.98. The Bertz CT molecular complexity index is 1780. The molecule has 1 N–H and O–H groups in total. The Morgan fingerprint density at radius 3 is 2.15 bits per heavy atom. The van der Waals surface area contributed by atoms with Crippen molar-refractivity contribution in [2.45, 2.75) is 41.8 Å². The first kappa shape index (κ1) is 25.5. The number of amides is 2. The van der Waals surface area contributed by atoms with Crippen LogP contribution >= 0.6 is 0 Å². The van der Waals surface area contributed by atoms with Crippen LogP contribution in [-0.2, 0) is 37.0 Å². The van der Waals surface area contributed by atoms with Gasteiger partial charge >= 0.3 is 0 Å². The van der Waals surface area contributed by atoms with Crippen molar-refractivity contribution in [3.8, 4) is 0 Å². The summed E-state index contributed by atoms with van der Waals surface area (Å²) >= 11 is 0. The van der Waals surface area contributed by atoms with Crippen LogP contribution in [0.1, 0.15) is 28.7 Å². The molecule has 0 aromatic heterocycles. The summed E-state index contributed by atoms with van der Waals surface area (Å²) in [5.41, 5.74) is 0.929. The molecule has 8 heteroatoms. The Balaban J connectivity index is 1.49. The number of sulfonamides is 1. The zero-order valence-electron chi connectivity index (χ0n) is 22.5. The maximum Gasteiger partial charge on any atom is 0.268 e.